The number of hydrogen-bond donors (Lipinski definition) is 2. The summed E-state index contributed by atoms with van der Waals surface area (Å²) in [5.74, 6) is 0.00459. The fraction of sp³-hybridized carbons (Fsp3) is 0.800. The van der Waals surface area contributed by atoms with Gasteiger partial charge < -0.3 is 10.6 Å². The van der Waals surface area contributed by atoms with Crippen LogP contribution in [0.1, 0.15) is 26.2 Å². The van der Waals surface area contributed by atoms with Gasteiger partial charge in [0.2, 0.25) is 5.91 Å². The molecule has 0 aromatic rings. The van der Waals surface area contributed by atoms with Crippen molar-refractivity contribution in [2.45, 2.75) is 26.2 Å². The lowest BCUT2D eigenvalue weighted by Gasteiger charge is -2.11. The van der Waals surface area contributed by atoms with Crippen LogP contribution in [-0.4, -0.2) is 25.5 Å². The summed E-state index contributed by atoms with van der Waals surface area (Å²) < 4.78 is 0. The zero-order valence-electron chi connectivity index (χ0n) is 8.60. The molecule has 0 spiro atoms. The lowest BCUT2D eigenvalue weighted by atomic mass is 10.0. The molecule has 1 saturated carbocycles. The highest BCUT2D eigenvalue weighted by Crippen LogP contribution is 2.47. The molecule has 0 saturated heterocycles. The van der Waals surface area contributed by atoms with Crippen LogP contribution in [-0.2, 0) is 4.79 Å². The first-order chi connectivity index (χ1) is 6.68. The quantitative estimate of drug-likeness (QED) is 0.603. The Labute approximate surface area is 84.7 Å². The summed E-state index contributed by atoms with van der Waals surface area (Å²) in [7, 11) is 0. The van der Waals surface area contributed by atoms with Crippen molar-refractivity contribution in [3.63, 3.8) is 0 Å². The third-order valence-corrected chi connectivity index (χ3v) is 2.59. The smallest absolute Gasteiger partial charge is 0.216 e. The standard InChI is InChI=1S/C10H17N3O/c1-9(14)13-7-6-12-8-10(2-3-10)4-5-11/h12H,2-4,6-8H2,1H3,(H,13,14). The molecule has 2 N–H and O–H groups in total. The molecule has 1 aliphatic carbocycles. The van der Waals surface area contributed by atoms with E-state index >= 15 is 0 Å². The van der Waals surface area contributed by atoms with Crippen LogP contribution < -0.4 is 10.6 Å². The SMILES string of the molecule is CC(=O)NCCNCC1(CC#N)CC1. The summed E-state index contributed by atoms with van der Waals surface area (Å²) in [5.41, 5.74) is 0.255. The lowest BCUT2D eigenvalue weighted by molar-refractivity contribution is -0.118. The molecule has 0 heterocycles. The Kier molecular flexibility index (Phi) is 3.90. The molecule has 1 rings (SSSR count). The monoisotopic (exact) mass is 195 g/mol. The Morgan fingerprint density at radius 1 is 1.50 bits per heavy atom. The summed E-state index contributed by atoms with van der Waals surface area (Å²) >= 11 is 0. The van der Waals surface area contributed by atoms with Crippen molar-refractivity contribution < 1.29 is 4.79 Å². The van der Waals surface area contributed by atoms with Crippen LogP contribution >= 0.6 is 0 Å². The summed E-state index contributed by atoms with van der Waals surface area (Å²) in [5, 5.41) is 14.6. The van der Waals surface area contributed by atoms with Crippen LogP contribution in [0.5, 0.6) is 0 Å². The molecule has 1 fully saturated rings. The van der Waals surface area contributed by atoms with Gasteiger partial charge in [0, 0.05) is 33.0 Å². The molecule has 4 heteroatoms. The van der Waals surface area contributed by atoms with E-state index in [0.29, 0.717) is 13.0 Å². The number of carbonyl (C=O) groups excluding carboxylic acids is 1. The number of nitrogens with one attached hydrogen (secondary N) is 2. The van der Waals surface area contributed by atoms with E-state index in [4.69, 9.17) is 5.26 Å². The lowest BCUT2D eigenvalue weighted by Crippen LogP contribution is -2.33. The van der Waals surface area contributed by atoms with E-state index in [1.807, 2.05) is 0 Å². The van der Waals surface area contributed by atoms with Crippen molar-refractivity contribution >= 4 is 5.91 Å². The van der Waals surface area contributed by atoms with E-state index in [-0.39, 0.29) is 11.3 Å². The van der Waals surface area contributed by atoms with Crippen LogP contribution in [0.25, 0.3) is 0 Å². The molecular formula is C10H17N3O. The van der Waals surface area contributed by atoms with Crippen molar-refractivity contribution in [2.75, 3.05) is 19.6 Å². The van der Waals surface area contributed by atoms with Gasteiger partial charge in [-0.1, -0.05) is 0 Å². The number of nitrogens with zero attached hydrogens (tertiary/aromatic N) is 1. The number of nitriles is 1. The van der Waals surface area contributed by atoms with Gasteiger partial charge in [-0.25, -0.2) is 0 Å². The zero-order chi connectivity index (χ0) is 10.4. The van der Waals surface area contributed by atoms with E-state index in [0.717, 1.165) is 25.9 Å². The molecule has 0 unspecified atom stereocenters. The van der Waals surface area contributed by atoms with Gasteiger partial charge in [0.1, 0.15) is 0 Å². The van der Waals surface area contributed by atoms with E-state index in [1.165, 1.54) is 6.92 Å². The third kappa shape index (κ3) is 3.75. The molecular weight excluding hydrogens is 178 g/mol. The number of amides is 1. The summed E-state index contributed by atoms with van der Waals surface area (Å²) in [4.78, 5) is 10.5. The Bertz CT molecular complexity index is 240. The van der Waals surface area contributed by atoms with E-state index in [9.17, 15) is 4.79 Å². The predicted molar refractivity (Wildman–Crippen MR) is 53.5 cm³/mol. The first kappa shape index (κ1) is 11.0. The van der Waals surface area contributed by atoms with Gasteiger partial charge in [0.25, 0.3) is 0 Å². The molecule has 0 aromatic carbocycles. The van der Waals surface area contributed by atoms with Crippen molar-refractivity contribution in [3.05, 3.63) is 0 Å². The maximum atomic E-state index is 10.5. The molecule has 0 radical (unpaired) electrons. The molecule has 78 valence electrons. The topological polar surface area (TPSA) is 64.9 Å². The van der Waals surface area contributed by atoms with E-state index in [2.05, 4.69) is 16.7 Å². The Morgan fingerprint density at radius 3 is 2.71 bits per heavy atom. The average Bonchev–Trinajstić information content (AvgIpc) is 2.85. The first-order valence-electron chi connectivity index (χ1n) is 5.01. The Balaban J connectivity index is 1.99. The second-order valence-electron chi connectivity index (χ2n) is 3.99. The van der Waals surface area contributed by atoms with Gasteiger partial charge in [-0.05, 0) is 18.3 Å². The van der Waals surface area contributed by atoms with E-state index < -0.39 is 0 Å². The van der Waals surface area contributed by atoms with Crippen LogP contribution in [0.4, 0.5) is 0 Å². The molecule has 1 aliphatic rings. The highest BCUT2D eigenvalue weighted by molar-refractivity contribution is 5.72. The number of rotatable bonds is 6. The van der Waals surface area contributed by atoms with E-state index in [1.54, 1.807) is 0 Å². The highest BCUT2D eigenvalue weighted by Gasteiger charge is 2.41. The largest absolute Gasteiger partial charge is 0.355 e. The summed E-state index contributed by atoms with van der Waals surface area (Å²) in [6.45, 7) is 3.86. The second kappa shape index (κ2) is 4.97. The van der Waals surface area contributed by atoms with Gasteiger partial charge in [-0.3, -0.25) is 4.79 Å². The average molecular weight is 195 g/mol. The minimum absolute atomic E-state index is 0.00459. The minimum Gasteiger partial charge on any atom is -0.355 e. The Morgan fingerprint density at radius 2 is 2.21 bits per heavy atom. The molecule has 0 atom stereocenters. The van der Waals surface area contributed by atoms with Crippen LogP contribution in [0, 0.1) is 16.7 Å². The first-order valence-corrected chi connectivity index (χ1v) is 5.01. The Hall–Kier alpha value is -1.08. The maximum absolute atomic E-state index is 10.5. The van der Waals surface area contributed by atoms with Crippen molar-refractivity contribution in [1.82, 2.24) is 10.6 Å². The molecule has 14 heavy (non-hydrogen) atoms. The predicted octanol–water partition coefficient (Wildman–Crippen LogP) is 0.406. The van der Waals surface area contributed by atoms with Crippen LogP contribution in [0.15, 0.2) is 0 Å². The van der Waals surface area contributed by atoms with Crippen molar-refractivity contribution in [2.24, 2.45) is 5.41 Å². The maximum Gasteiger partial charge on any atom is 0.216 e. The normalized spacial score (nSPS) is 17.1. The van der Waals surface area contributed by atoms with Crippen molar-refractivity contribution in [3.8, 4) is 6.07 Å². The minimum atomic E-state index is 0.00459. The molecule has 4 nitrogen and oxygen atoms in total. The van der Waals surface area contributed by atoms with Crippen molar-refractivity contribution in [1.29, 1.82) is 5.26 Å². The molecule has 0 aromatic heterocycles. The summed E-state index contributed by atoms with van der Waals surface area (Å²) in [6, 6.07) is 2.22. The van der Waals surface area contributed by atoms with Gasteiger partial charge in [0.15, 0.2) is 0 Å². The number of hydrogen-bond acceptors (Lipinski definition) is 3. The van der Waals surface area contributed by atoms with Crippen LogP contribution in [0.2, 0.25) is 0 Å². The highest BCUT2D eigenvalue weighted by atomic mass is 16.1. The number of carbonyl (C=O) groups is 1. The molecule has 1 amide bonds. The second-order valence-corrected chi connectivity index (χ2v) is 3.99. The van der Waals surface area contributed by atoms with Gasteiger partial charge in [0.05, 0.1) is 6.07 Å². The fourth-order valence-corrected chi connectivity index (χ4v) is 1.44. The van der Waals surface area contributed by atoms with Crippen LogP contribution in [0.3, 0.4) is 0 Å². The molecule has 0 aliphatic heterocycles. The van der Waals surface area contributed by atoms with Gasteiger partial charge in [-0.2, -0.15) is 5.26 Å². The molecule has 0 bridgehead atoms. The third-order valence-electron chi connectivity index (χ3n) is 2.59. The summed E-state index contributed by atoms with van der Waals surface area (Å²) in [6.07, 6.45) is 2.97. The zero-order valence-corrected chi connectivity index (χ0v) is 8.60. The van der Waals surface area contributed by atoms with Gasteiger partial charge in [-0.15, -0.1) is 0 Å². The van der Waals surface area contributed by atoms with Gasteiger partial charge >= 0.3 is 0 Å². The fourth-order valence-electron chi connectivity index (χ4n) is 1.44.